The van der Waals surface area contributed by atoms with E-state index in [4.69, 9.17) is 22.7 Å². The van der Waals surface area contributed by atoms with Crippen LogP contribution < -0.4 is 10.5 Å². The highest BCUT2D eigenvalue weighted by Gasteiger charge is 2.12. The number of halogens is 2. The Kier molecular flexibility index (Phi) is 4.44. The number of ether oxygens (including phenoxy) is 1. The monoisotopic (exact) mass is 340 g/mol. The molecule has 3 nitrogen and oxygen atoms in total. The van der Waals surface area contributed by atoms with Crippen molar-refractivity contribution in [1.29, 1.82) is 0 Å². The second kappa shape index (κ2) is 6.08. The predicted molar refractivity (Wildman–Crippen MR) is 78.6 cm³/mol. The maximum atomic E-state index is 13.6. The van der Waals surface area contributed by atoms with Gasteiger partial charge in [-0.3, -0.25) is 4.98 Å². The highest BCUT2D eigenvalue weighted by Crippen LogP contribution is 2.22. The molecule has 2 aromatic rings. The average molecular weight is 341 g/mol. The van der Waals surface area contributed by atoms with E-state index >= 15 is 0 Å². The number of nitrogens with two attached hydrogens (primary N) is 1. The summed E-state index contributed by atoms with van der Waals surface area (Å²) in [7, 11) is 0. The molecule has 1 aromatic heterocycles. The molecule has 0 radical (unpaired) electrons. The van der Waals surface area contributed by atoms with Gasteiger partial charge in [-0.15, -0.1) is 0 Å². The molecular formula is C13H10BrFN2OS. The molecule has 0 saturated heterocycles. The maximum Gasteiger partial charge on any atom is 0.137 e. The first-order chi connectivity index (χ1) is 9.08. The highest BCUT2D eigenvalue weighted by molar-refractivity contribution is 9.10. The van der Waals surface area contributed by atoms with Gasteiger partial charge in [-0.1, -0.05) is 18.3 Å². The number of pyridine rings is 1. The predicted octanol–water partition coefficient (Wildman–Crippen LogP) is 3.20. The van der Waals surface area contributed by atoms with E-state index in [-0.39, 0.29) is 17.2 Å². The summed E-state index contributed by atoms with van der Waals surface area (Å²) in [6.45, 7) is 0.255. The number of nitrogens with zero attached hydrogens (tertiary/aromatic N) is 1. The van der Waals surface area contributed by atoms with Crippen molar-refractivity contribution < 1.29 is 9.13 Å². The molecule has 1 heterocycles. The zero-order valence-electron chi connectivity index (χ0n) is 9.77. The molecule has 1 aromatic carbocycles. The molecule has 0 spiro atoms. The van der Waals surface area contributed by atoms with Crippen molar-refractivity contribution in [2.24, 2.45) is 5.73 Å². The van der Waals surface area contributed by atoms with Crippen LogP contribution in [-0.2, 0) is 6.61 Å². The van der Waals surface area contributed by atoms with Crippen LogP contribution in [0.1, 0.15) is 11.1 Å². The summed E-state index contributed by atoms with van der Waals surface area (Å²) in [6, 6.07) is 6.34. The van der Waals surface area contributed by atoms with Gasteiger partial charge in [0.25, 0.3) is 0 Å². The average Bonchev–Trinajstić information content (AvgIpc) is 2.36. The number of hydrogen-bond acceptors (Lipinski definition) is 3. The molecule has 0 bridgehead atoms. The Balaban J connectivity index is 2.20. The Bertz CT molecular complexity index is 621. The Labute approximate surface area is 123 Å². The van der Waals surface area contributed by atoms with Gasteiger partial charge in [0.1, 0.15) is 23.2 Å². The van der Waals surface area contributed by atoms with Crippen LogP contribution in [0.25, 0.3) is 0 Å². The molecule has 6 heteroatoms. The standard InChI is InChI=1S/C13H10BrFN2OS/c14-9-4-8(5-17-6-9)7-18-11-3-1-2-10(15)12(11)13(16)19/h1-6H,7H2,(H2,16,19). The third-order valence-corrected chi connectivity index (χ3v) is 3.02. The minimum atomic E-state index is -0.489. The largest absolute Gasteiger partial charge is 0.488 e. The van der Waals surface area contributed by atoms with E-state index in [1.54, 1.807) is 24.5 Å². The van der Waals surface area contributed by atoms with Crippen molar-refractivity contribution in [3.63, 3.8) is 0 Å². The first-order valence-electron chi connectivity index (χ1n) is 5.38. The number of thiocarbonyl (C=S) groups is 1. The summed E-state index contributed by atoms with van der Waals surface area (Å²) in [5.41, 5.74) is 6.48. The Morgan fingerprint density at radius 3 is 2.89 bits per heavy atom. The first-order valence-corrected chi connectivity index (χ1v) is 6.58. The molecule has 0 unspecified atom stereocenters. The molecule has 0 aliphatic heterocycles. The van der Waals surface area contributed by atoms with E-state index in [1.165, 1.54) is 6.07 Å². The van der Waals surface area contributed by atoms with Crippen LogP contribution in [0.2, 0.25) is 0 Å². The van der Waals surface area contributed by atoms with Crippen LogP contribution in [0.5, 0.6) is 5.75 Å². The van der Waals surface area contributed by atoms with Crippen LogP contribution in [0, 0.1) is 5.82 Å². The highest BCUT2D eigenvalue weighted by atomic mass is 79.9. The molecule has 2 N–H and O–H groups in total. The van der Waals surface area contributed by atoms with Crippen molar-refractivity contribution in [2.75, 3.05) is 0 Å². The summed E-state index contributed by atoms with van der Waals surface area (Å²) in [5, 5.41) is 0. The number of benzene rings is 1. The lowest BCUT2D eigenvalue weighted by molar-refractivity contribution is 0.303. The molecule has 0 saturated carbocycles. The van der Waals surface area contributed by atoms with E-state index in [1.807, 2.05) is 6.07 Å². The van der Waals surface area contributed by atoms with Crippen molar-refractivity contribution in [1.82, 2.24) is 4.98 Å². The molecule has 0 fully saturated rings. The molecule has 19 heavy (non-hydrogen) atoms. The normalized spacial score (nSPS) is 10.2. The quantitative estimate of drug-likeness (QED) is 0.868. The fraction of sp³-hybridized carbons (Fsp3) is 0.0769. The minimum Gasteiger partial charge on any atom is -0.488 e. The van der Waals surface area contributed by atoms with Crippen molar-refractivity contribution >= 4 is 33.1 Å². The lowest BCUT2D eigenvalue weighted by Gasteiger charge is -2.11. The van der Waals surface area contributed by atoms with Gasteiger partial charge in [0.15, 0.2) is 0 Å². The van der Waals surface area contributed by atoms with Crippen LogP contribution >= 0.6 is 28.1 Å². The Hall–Kier alpha value is -1.53. The van der Waals surface area contributed by atoms with E-state index in [0.29, 0.717) is 5.75 Å². The smallest absolute Gasteiger partial charge is 0.137 e. The Morgan fingerprint density at radius 2 is 2.21 bits per heavy atom. The number of hydrogen-bond donors (Lipinski definition) is 1. The molecule has 98 valence electrons. The van der Waals surface area contributed by atoms with Crippen LogP contribution in [0.3, 0.4) is 0 Å². The summed E-state index contributed by atoms with van der Waals surface area (Å²) in [4.78, 5) is 3.99. The van der Waals surface area contributed by atoms with E-state index in [9.17, 15) is 4.39 Å². The Morgan fingerprint density at radius 1 is 1.42 bits per heavy atom. The zero-order valence-corrected chi connectivity index (χ0v) is 12.2. The van der Waals surface area contributed by atoms with E-state index in [2.05, 4.69) is 20.9 Å². The van der Waals surface area contributed by atoms with Gasteiger partial charge in [0.2, 0.25) is 0 Å². The lowest BCUT2D eigenvalue weighted by atomic mass is 10.2. The molecule has 2 rings (SSSR count). The SMILES string of the molecule is NC(=S)c1c(F)cccc1OCc1cncc(Br)c1. The third-order valence-electron chi connectivity index (χ3n) is 2.38. The molecule has 0 aliphatic carbocycles. The van der Waals surface area contributed by atoms with Gasteiger partial charge in [-0.05, 0) is 34.1 Å². The summed E-state index contributed by atoms with van der Waals surface area (Å²) >= 11 is 8.15. The van der Waals surface area contributed by atoms with Gasteiger partial charge in [-0.2, -0.15) is 0 Å². The lowest BCUT2D eigenvalue weighted by Crippen LogP contribution is -2.14. The molecule has 0 atom stereocenters. The molecular weight excluding hydrogens is 331 g/mol. The van der Waals surface area contributed by atoms with Gasteiger partial charge in [0, 0.05) is 22.4 Å². The first kappa shape index (κ1) is 13.9. The van der Waals surface area contributed by atoms with Gasteiger partial charge >= 0.3 is 0 Å². The van der Waals surface area contributed by atoms with Crippen molar-refractivity contribution in [3.8, 4) is 5.75 Å². The number of rotatable bonds is 4. The fourth-order valence-corrected chi connectivity index (χ4v) is 2.17. The third kappa shape index (κ3) is 3.48. The van der Waals surface area contributed by atoms with Crippen LogP contribution in [0.15, 0.2) is 41.1 Å². The summed E-state index contributed by atoms with van der Waals surface area (Å²) in [5.74, 6) is -0.162. The summed E-state index contributed by atoms with van der Waals surface area (Å²) < 4.78 is 20.0. The van der Waals surface area contributed by atoms with Crippen LogP contribution in [0.4, 0.5) is 4.39 Å². The van der Waals surface area contributed by atoms with Crippen LogP contribution in [-0.4, -0.2) is 9.97 Å². The molecule has 0 aliphatic rings. The minimum absolute atomic E-state index is 0.0273. The number of aromatic nitrogens is 1. The summed E-state index contributed by atoms with van der Waals surface area (Å²) in [6.07, 6.45) is 3.34. The zero-order chi connectivity index (χ0) is 13.8. The van der Waals surface area contributed by atoms with Gasteiger partial charge in [-0.25, -0.2) is 4.39 Å². The fourth-order valence-electron chi connectivity index (χ4n) is 1.56. The second-order valence-corrected chi connectivity index (χ2v) is 5.13. The maximum absolute atomic E-state index is 13.6. The van der Waals surface area contributed by atoms with Gasteiger partial charge < -0.3 is 10.5 Å². The second-order valence-electron chi connectivity index (χ2n) is 3.78. The van der Waals surface area contributed by atoms with Crippen molar-refractivity contribution in [2.45, 2.75) is 6.61 Å². The molecule has 0 amide bonds. The van der Waals surface area contributed by atoms with Gasteiger partial charge in [0.05, 0.1) is 5.56 Å². The topological polar surface area (TPSA) is 48.1 Å². The van der Waals surface area contributed by atoms with E-state index in [0.717, 1.165) is 10.0 Å². The van der Waals surface area contributed by atoms with E-state index < -0.39 is 5.82 Å². The van der Waals surface area contributed by atoms with Crippen molar-refractivity contribution in [3.05, 3.63) is 58.1 Å².